The van der Waals surface area contributed by atoms with Crippen LogP contribution in [0.4, 0.5) is 17.1 Å². The molecular weight excluding hydrogens is 761 g/mol. The van der Waals surface area contributed by atoms with Gasteiger partial charge in [-0.3, -0.25) is 0 Å². The number of fused-ring (bicyclic) bond motifs is 5. The predicted octanol–water partition coefficient (Wildman–Crippen LogP) is 17.1. The fraction of sp³-hybridized carbons (Fsp3) is 0.115. The summed E-state index contributed by atoms with van der Waals surface area (Å²) in [7, 11) is 0. The van der Waals surface area contributed by atoms with E-state index in [2.05, 4.69) is 249 Å². The van der Waals surface area contributed by atoms with Gasteiger partial charge in [0.25, 0.3) is 0 Å². The van der Waals surface area contributed by atoms with E-state index in [4.69, 9.17) is 0 Å². The van der Waals surface area contributed by atoms with Crippen molar-refractivity contribution in [3.8, 4) is 33.4 Å². The molecule has 1 aliphatic rings. The summed E-state index contributed by atoms with van der Waals surface area (Å²) in [6.45, 7) is 6.94. The van der Waals surface area contributed by atoms with Crippen molar-refractivity contribution in [2.45, 2.75) is 33.2 Å². The third-order valence-corrected chi connectivity index (χ3v) is 13.1. The van der Waals surface area contributed by atoms with Gasteiger partial charge in [-0.05, 0) is 139 Å². The number of para-hydroxylation sites is 1. The van der Waals surface area contributed by atoms with E-state index in [-0.39, 0.29) is 6.04 Å². The van der Waals surface area contributed by atoms with Crippen molar-refractivity contribution in [2.24, 2.45) is 11.8 Å². The Morgan fingerprint density at radius 1 is 0.429 bits per heavy atom. The summed E-state index contributed by atoms with van der Waals surface area (Å²) in [4.78, 5) is 2.36. The molecule has 2 unspecified atom stereocenters. The first-order valence-electron chi connectivity index (χ1n) is 22.5. The van der Waals surface area contributed by atoms with Crippen LogP contribution in [0.1, 0.15) is 32.4 Å². The molecule has 9 aromatic carbocycles. The Kier molecular flexibility index (Phi) is 9.85. The fourth-order valence-corrected chi connectivity index (χ4v) is 10.2. The van der Waals surface area contributed by atoms with Gasteiger partial charge in [0, 0.05) is 38.9 Å². The first-order valence-corrected chi connectivity index (χ1v) is 22.5. The Hall–Kier alpha value is -7.42. The van der Waals surface area contributed by atoms with Crippen LogP contribution in [0.3, 0.4) is 0 Å². The quantitative estimate of drug-likeness (QED) is 0.132. The molecule has 0 radical (unpaired) electrons. The lowest BCUT2D eigenvalue weighted by Gasteiger charge is -2.26. The smallest absolute Gasteiger partial charge is 0.0585 e. The molecule has 2 atom stereocenters. The molecule has 10 aromatic rings. The molecule has 0 saturated carbocycles. The van der Waals surface area contributed by atoms with Crippen molar-refractivity contribution in [1.82, 2.24) is 4.57 Å². The number of nitrogens with zero attached hydrogens (tertiary/aromatic N) is 2. The highest BCUT2D eigenvalue weighted by molar-refractivity contribution is 6.21. The van der Waals surface area contributed by atoms with Crippen molar-refractivity contribution in [1.29, 1.82) is 0 Å². The van der Waals surface area contributed by atoms with Gasteiger partial charge in [0.05, 0.1) is 6.04 Å². The van der Waals surface area contributed by atoms with Crippen molar-refractivity contribution < 1.29 is 0 Å². The van der Waals surface area contributed by atoms with Gasteiger partial charge in [-0.15, -0.1) is 0 Å². The first kappa shape index (κ1) is 38.5. The van der Waals surface area contributed by atoms with Gasteiger partial charge in [-0.25, -0.2) is 0 Å². The van der Waals surface area contributed by atoms with E-state index in [1.165, 1.54) is 82.3 Å². The van der Waals surface area contributed by atoms with E-state index in [9.17, 15) is 0 Å². The summed E-state index contributed by atoms with van der Waals surface area (Å²) in [5.74, 6) is 1.01. The number of aromatic nitrogens is 1. The van der Waals surface area contributed by atoms with Crippen LogP contribution in [-0.4, -0.2) is 4.57 Å². The molecule has 2 nitrogen and oxygen atoms in total. The summed E-state index contributed by atoms with van der Waals surface area (Å²) in [5, 5.41) is 7.70. The monoisotopic (exact) mass is 810 g/mol. The first-order chi connectivity index (χ1) is 31.0. The second-order valence-corrected chi connectivity index (χ2v) is 17.6. The van der Waals surface area contributed by atoms with Gasteiger partial charge in [0.2, 0.25) is 0 Å². The molecule has 0 N–H and O–H groups in total. The van der Waals surface area contributed by atoms with Crippen LogP contribution >= 0.6 is 0 Å². The number of hydrogen-bond donors (Lipinski definition) is 0. The summed E-state index contributed by atoms with van der Waals surface area (Å²) < 4.78 is 2.56. The Morgan fingerprint density at radius 2 is 0.889 bits per heavy atom. The van der Waals surface area contributed by atoms with Crippen molar-refractivity contribution in [2.75, 3.05) is 4.90 Å². The standard InChI is InChI=1S/C61H50N2/c1-41(2)38-43-26-36-58-55(39-43)56-40-47(31-37-59(56)63(58)57-25-15-10-16-42(57)3)44-27-32-49(33-28-44)62(48-19-8-5-9-20-48)50-34-29-46(30-35-50)61-53-23-13-11-21-51(53)60(45-17-6-4-7-18-45)52-22-12-14-24-54(52)61/h4-37,39-42,57H,38H2,1-3H3. The second-order valence-electron chi connectivity index (χ2n) is 17.6. The summed E-state index contributed by atoms with van der Waals surface area (Å²) in [6, 6.07) is 72.0. The minimum absolute atomic E-state index is 0.271. The van der Waals surface area contributed by atoms with E-state index < -0.39 is 0 Å². The van der Waals surface area contributed by atoms with Crippen LogP contribution in [0.5, 0.6) is 0 Å². The zero-order chi connectivity index (χ0) is 42.4. The average Bonchev–Trinajstić information content (AvgIpc) is 3.64. The van der Waals surface area contributed by atoms with Crippen LogP contribution in [0, 0.1) is 11.8 Å². The minimum atomic E-state index is 0.271. The molecule has 1 heterocycles. The number of hydrogen-bond acceptors (Lipinski definition) is 1. The van der Waals surface area contributed by atoms with Gasteiger partial charge in [0.15, 0.2) is 0 Å². The lowest BCUT2D eigenvalue weighted by molar-refractivity contribution is 0.510. The molecule has 0 fully saturated rings. The van der Waals surface area contributed by atoms with Crippen LogP contribution in [0.25, 0.3) is 76.7 Å². The lowest BCUT2D eigenvalue weighted by Crippen LogP contribution is -2.15. The topological polar surface area (TPSA) is 8.17 Å². The molecular formula is C61H50N2. The molecule has 0 amide bonds. The summed E-state index contributed by atoms with van der Waals surface area (Å²) in [6.07, 6.45) is 10.1. The van der Waals surface area contributed by atoms with E-state index >= 15 is 0 Å². The summed E-state index contributed by atoms with van der Waals surface area (Å²) >= 11 is 0. The highest BCUT2D eigenvalue weighted by atomic mass is 15.1. The summed E-state index contributed by atoms with van der Waals surface area (Å²) in [5.41, 5.74) is 14.7. The molecule has 1 aliphatic carbocycles. The van der Waals surface area contributed by atoms with Gasteiger partial charge in [-0.2, -0.15) is 0 Å². The normalized spacial score (nSPS) is 15.0. The number of rotatable bonds is 9. The van der Waals surface area contributed by atoms with Gasteiger partial charge >= 0.3 is 0 Å². The van der Waals surface area contributed by atoms with E-state index in [1.807, 2.05) is 0 Å². The molecule has 0 aliphatic heterocycles. The largest absolute Gasteiger partial charge is 0.333 e. The van der Waals surface area contributed by atoms with Crippen LogP contribution in [0.15, 0.2) is 218 Å². The zero-order valence-corrected chi connectivity index (χ0v) is 36.1. The molecule has 11 rings (SSSR count). The third-order valence-electron chi connectivity index (χ3n) is 13.1. The predicted molar refractivity (Wildman–Crippen MR) is 270 cm³/mol. The van der Waals surface area contributed by atoms with Crippen molar-refractivity contribution in [3.63, 3.8) is 0 Å². The number of allylic oxidation sites excluding steroid dienone is 4. The van der Waals surface area contributed by atoms with E-state index in [1.54, 1.807) is 0 Å². The van der Waals surface area contributed by atoms with Crippen LogP contribution in [0.2, 0.25) is 0 Å². The maximum absolute atomic E-state index is 2.56. The molecule has 2 heteroatoms. The molecule has 304 valence electrons. The van der Waals surface area contributed by atoms with Crippen molar-refractivity contribution >= 4 is 60.4 Å². The average molecular weight is 811 g/mol. The Labute approximate surface area is 370 Å². The highest BCUT2D eigenvalue weighted by Crippen LogP contribution is 2.45. The highest BCUT2D eigenvalue weighted by Gasteiger charge is 2.23. The van der Waals surface area contributed by atoms with E-state index in [0.29, 0.717) is 11.8 Å². The zero-order valence-electron chi connectivity index (χ0n) is 36.1. The third kappa shape index (κ3) is 6.93. The van der Waals surface area contributed by atoms with E-state index in [0.717, 1.165) is 23.5 Å². The molecule has 0 saturated heterocycles. The number of anilines is 3. The Balaban J connectivity index is 0.982. The van der Waals surface area contributed by atoms with Crippen LogP contribution < -0.4 is 4.90 Å². The molecule has 0 spiro atoms. The Morgan fingerprint density at radius 3 is 1.46 bits per heavy atom. The van der Waals surface area contributed by atoms with Crippen molar-refractivity contribution in [3.05, 3.63) is 224 Å². The molecule has 0 bridgehead atoms. The van der Waals surface area contributed by atoms with Gasteiger partial charge in [0.1, 0.15) is 0 Å². The lowest BCUT2D eigenvalue weighted by atomic mass is 9.86. The second kappa shape index (κ2) is 16.1. The van der Waals surface area contributed by atoms with Gasteiger partial charge < -0.3 is 9.47 Å². The maximum Gasteiger partial charge on any atom is 0.0585 e. The fourth-order valence-electron chi connectivity index (χ4n) is 10.2. The number of benzene rings is 9. The molecule has 63 heavy (non-hydrogen) atoms. The SMILES string of the molecule is CC(C)Cc1ccc2c(c1)c1cc(-c3ccc(N(c4ccccc4)c4ccc(-c5c6ccccc6c(-c6ccccc6)c6ccccc56)cc4)cc3)ccc1n2C1C=CC=CC1C. The minimum Gasteiger partial charge on any atom is -0.333 e. The molecule has 1 aromatic heterocycles. The van der Waals surface area contributed by atoms with Crippen LogP contribution in [-0.2, 0) is 6.42 Å². The Bertz CT molecular complexity index is 3280. The maximum atomic E-state index is 2.56. The van der Waals surface area contributed by atoms with Gasteiger partial charge in [-0.1, -0.05) is 179 Å².